The lowest BCUT2D eigenvalue weighted by atomic mass is 9.87. The van der Waals surface area contributed by atoms with Gasteiger partial charge < -0.3 is 14.4 Å². The first kappa shape index (κ1) is 17.2. The predicted octanol–water partition coefficient (Wildman–Crippen LogP) is 2.41. The van der Waals surface area contributed by atoms with E-state index in [-0.39, 0.29) is 11.4 Å². The summed E-state index contributed by atoms with van der Waals surface area (Å²) in [5, 5.41) is 0. The summed E-state index contributed by atoms with van der Waals surface area (Å²) < 4.78 is 10.8. The van der Waals surface area contributed by atoms with Crippen molar-refractivity contribution in [2.24, 2.45) is 0 Å². The van der Waals surface area contributed by atoms with Crippen LogP contribution in [0.5, 0.6) is 5.75 Å². The van der Waals surface area contributed by atoms with E-state index < -0.39 is 0 Å². The zero-order chi connectivity index (χ0) is 17.0. The predicted molar refractivity (Wildman–Crippen MR) is 93.5 cm³/mol. The maximum absolute atomic E-state index is 13.0. The van der Waals surface area contributed by atoms with Gasteiger partial charge in [0, 0.05) is 44.0 Å². The molecule has 2 saturated heterocycles. The van der Waals surface area contributed by atoms with Crippen molar-refractivity contribution >= 4 is 5.91 Å². The Hall–Kier alpha value is -1.59. The summed E-state index contributed by atoms with van der Waals surface area (Å²) >= 11 is 0. The van der Waals surface area contributed by atoms with Crippen molar-refractivity contribution in [1.29, 1.82) is 0 Å². The van der Waals surface area contributed by atoms with Crippen LogP contribution in [0.2, 0.25) is 0 Å². The normalized spacial score (nSPS) is 21.5. The summed E-state index contributed by atoms with van der Waals surface area (Å²) in [6, 6.07) is 7.43. The van der Waals surface area contributed by atoms with E-state index in [0.29, 0.717) is 0 Å². The average Bonchev–Trinajstić information content (AvgIpc) is 2.81. The van der Waals surface area contributed by atoms with Crippen molar-refractivity contribution in [3.63, 3.8) is 0 Å². The molecule has 2 heterocycles. The van der Waals surface area contributed by atoms with Gasteiger partial charge in [-0.25, -0.2) is 0 Å². The van der Waals surface area contributed by atoms with E-state index in [9.17, 15) is 4.79 Å². The zero-order valence-electron chi connectivity index (χ0n) is 14.8. The molecule has 24 heavy (non-hydrogen) atoms. The molecule has 1 amide bonds. The second-order valence-electron chi connectivity index (χ2n) is 6.73. The number of nitrogens with zero attached hydrogens (tertiary/aromatic N) is 2. The summed E-state index contributed by atoms with van der Waals surface area (Å²) in [5.41, 5.74) is 0.814. The van der Waals surface area contributed by atoms with Gasteiger partial charge in [0.2, 0.25) is 0 Å². The first-order chi connectivity index (χ1) is 11.7. The number of hydrogen-bond donors (Lipinski definition) is 0. The van der Waals surface area contributed by atoms with Crippen LogP contribution in [0.15, 0.2) is 24.3 Å². The lowest BCUT2D eigenvalue weighted by Crippen LogP contribution is -2.57. The van der Waals surface area contributed by atoms with Crippen LogP contribution in [0.4, 0.5) is 0 Å². The fourth-order valence-corrected chi connectivity index (χ4v) is 4.03. The minimum Gasteiger partial charge on any atom is -0.497 e. The van der Waals surface area contributed by atoms with E-state index in [4.69, 9.17) is 9.47 Å². The van der Waals surface area contributed by atoms with Gasteiger partial charge in [-0.15, -0.1) is 0 Å². The van der Waals surface area contributed by atoms with Crippen LogP contribution >= 0.6 is 0 Å². The number of carbonyl (C=O) groups is 1. The third kappa shape index (κ3) is 3.42. The molecule has 2 aliphatic heterocycles. The van der Waals surface area contributed by atoms with E-state index in [0.717, 1.165) is 70.0 Å². The zero-order valence-corrected chi connectivity index (χ0v) is 14.8. The maximum Gasteiger partial charge on any atom is 0.253 e. The fraction of sp³-hybridized carbons (Fsp3) is 0.632. The SMILES string of the molecule is CCN1CCCN(C(=O)c2ccc(OC)cc2)CC12CCOCC2. The maximum atomic E-state index is 13.0. The second kappa shape index (κ2) is 7.53. The Kier molecular flexibility index (Phi) is 5.41. The highest BCUT2D eigenvalue weighted by atomic mass is 16.5. The van der Waals surface area contributed by atoms with Gasteiger partial charge in [-0.05, 0) is 50.1 Å². The molecule has 132 valence electrons. The quantitative estimate of drug-likeness (QED) is 0.852. The number of carbonyl (C=O) groups excluding carboxylic acids is 1. The third-order valence-corrected chi connectivity index (χ3v) is 5.44. The molecule has 0 bridgehead atoms. The van der Waals surface area contributed by atoms with Gasteiger partial charge in [0.1, 0.15) is 5.75 Å². The van der Waals surface area contributed by atoms with Crippen molar-refractivity contribution in [3.05, 3.63) is 29.8 Å². The Labute approximate surface area is 144 Å². The number of amides is 1. The molecule has 2 fully saturated rings. The minimum atomic E-state index is 0.0750. The molecule has 1 aromatic rings. The molecule has 2 aliphatic rings. The molecule has 0 saturated carbocycles. The fourth-order valence-electron chi connectivity index (χ4n) is 4.03. The topological polar surface area (TPSA) is 42.0 Å². The number of hydrogen-bond acceptors (Lipinski definition) is 4. The molecule has 3 rings (SSSR count). The molecule has 5 heteroatoms. The lowest BCUT2D eigenvalue weighted by molar-refractivity contribution is -0.0307. The van der Waals surface area contributed by atoms with E-state index in [1.807, 2.05) is 29.2 Å². The van der Waals surface area contributed by atoms with Gasteiger partial charge in [-0.2, -0.15) is 0 Å². The van der Waals surface area contributed by atoms with Gasteiger partial charge >= 0.3 is 0 Å². The van der Waals surface area contributed by atoms with Crippen molar-refractivity contribution in [3.8, 4) is 5.75 Å². The van der Waals surface area contributed by atoms with E-state index >= 15 is 0 Å². The molecular weight excluding hydrogens is 304 g/mol. The van der Waals surface area contributed by atoms with Crippen LogP contribution in [0.25, 0.3) is 0 Å². The van der Waals surface area contributed by atoms with E-state index in [1.165, 1.54) is 0 Å². The van der Waals surface area contributed by atoms with Crippen molar-refractivity contribution in [1.82, 2.24) is 9.80 Å². The largest absolute Gasteiger partial charge is 0.497 e. The summed E-state index contributed by atoms with van der Waals surface area (Å²) in [5.74, 6) is 0.905. The summed E-state index contributed by atoms with van der Waals surface area (Å²) in [6.07, 6.45) is 3.04. The molecular formula is C19H28N2O3. The number of rotatable bonds is 3. The van der Waals surface area contributed by atoms with Crippen molar-refractivity contribution in [2.45, 2.75) is 31.7 Å². The van der Waals surface area contributed by atoms with Crippen LogP contribution in [0.3, 0.4) is 0 Å². The molecule has 1 spiro atoms. The summed E-state index contributed by atoms with van der Waals surface area (Å²) in [7, 11) is 1.64. The van der Waals surface area contributed by atoms with Gasteiger partial charge in [0.15, 0.2) is 0 Å². The Morgan fingerprint density at radius 2 is 1.92 bits per heavy atom. The third-order valence-electron chi connectivity index (χ3n) is 5.44. The Balaban J connectivity index is 1.80. The monoisotopic (exact) mass is 332 g/mol. The van der Waals surface area contributed by atoms with E-state index in [1.54, 1.807) is 7.11 Å². The summed E-state index contributed by atoms with van der Waals surface area (Å²) in [4.78, 5) is 17.6. The number of likely N-dealkylation sites (N-methyl/N-ethyl adjacent to an activating group) is 1. The van der Waals surface area contributed by atoms with Crippen LogP contribution in [0, 0.1) is 0 Å². The van der Waals surface area contributed by atoms with Gasteiger partial charge in [-0.3, -0.25) is 9.69 Å². The highest BCUT2D eigenvalue weighted by Crippen LogP contribution is 2.32. The number of benzene rings is 1. The highest BCUT2D eigenvalue weighted by molar-refractivity contribution is 5.94. The van der Waals surface area contributed by atoms with Gasteiger partial charge in [0.05, 0.1) is 7.11 Å². The molecule has 0 unspecified atom stereocenters. The lowest BCUT2D eigenvalue weighted by Gasteiger charge is -2.46. The van der Waals surface area contributed by atoms with Crippen LogP contribution < -0.4 is 4.74 Å². The first-order valence-electron chi connectivity index (χ1n) is 8.95. The standard InChI is InChI=1S/C19H28N2O3/c1-3-21-12-4-11-20(15-19(21)9-13-24-14-10-19)18(22)16-5-7-17(23-2)8-6-16/h5-8H,3-4,9-15H2,1-2H3. The second-order valence-corrected chi connectivity index (χ2v) is 6.73. The summed E-state index contributed by atoms with van der Waals surface area (Å²) in [6.45, 7) is 7.52. The van der Waals surface area contributed by atoms with Gasteiger partial charge in [-0.1, -0.05) is 6.92 Å². The molecule has 0 N–H and O–H groups in total. The Morgan fingerprint density at radius 1 is 1.21 bits per heavy atom. The van der Waals surface area contributed by atoms with E-state index in [2.05, 4.69) is 11.8 Å². The van der Waals surface area contributed by atoms with Gasteiger partial charge in [0.25, 0.3) is 5.91 Å². The molecule has 5 nitrogen and oxygen atoms in total. The smallest absolute Gasteiger partial charge is 0.253 e. The first-order valence-corrected chi connectivity index (χ1v) is 8.95. The molecule has 0 atom stereocenters. The molecule has 1 aromatic carbocycles. The highest BCUT2D eigenvalue weighted by Gasteiger charge is 2.41. The average molecular weight is 332 g/mol. The van der Waals surface area contributed by atoms with Crippen LogP contribution in [-0.2, 0) is 4.74 Å². The minimum absolute atomic E-state index is 0.0750. The number of methoxy groups -OCH3 is 1. The molecule has 0 aliphatic carbocycles. The number of ether oxygens (including phenoxy) is 2. The van der Waals surface area contributed by atoms with Crippen molar-refractivity contribution < 1.29 is 14.3 Å². The molecule has 0 aromatic heterocycles. The molecule has 0 radical (unpaired) electrons. The van der Waals surface area contributed by atoms with Crippen LogP contribution in [0.1, 0.15) is 36.5 Å². The van der Waals surface area contributed by atoms with Crippen LogP contribution in [-0.4, -0.2) is 67.7 Å². The van der Waals surface area contributed by atoms with Crippen molar-refractivity contribution in [2.75, 3.05) is 46.5 Å². The Bertz CT molecular complexity index is 552. The Morgan fingerprint density at radius 3 is 2.54 bits per heavy atom.